The lowest BCUT2D eigenvalue weighted by atomic mass is 9.89. The maximum Gasteiger partial charge on any atom is 0.416 e. The predicted molar refractivity (Wildman–Crippen MR) is 160 cm³/mol. The van der Waals surface area contributed by atoms with Gasteiger partial charge in [0.2, 0.25) is 10.0 Å². The van der Waals surface area contributed by atoms with Crippen LogP contribution in [0.25, 0.3) is 5.57 Å². The number of fused-ring (bicyclic) bond motifs is 2. The molecule has 3 aromatic rings. The van der Waals surface area contributed by atoms with Gasteiger partial charge in [-0.05, 0) is 90.3 Å². The van der Waals surface area contributed by atoms with Gasteiger partial charge >= 0.3 is 12.4 Å². The Hall–Kier alpha value is -3.48. The normalized spacial score (nSPS) is 18.5. The fourth-order valence-electron chi connectivity index (χ4n) is 6.65. The second-order valence-electron chi connectivity index (χ2n) is 12.3. The summed E-state index contributed by atoms with van der Waals surface area (Å²) >= 11 is 0. The van der Waals surface area contributed by atoms with Gasteiger partial charge in [0.15, 0.2) is 5.78 Å². The predicted octanol–water partition coefficient (Wildman–Crippen LogP) is 7.61. The van der Waals surface area contributed by atoms with E-state index in [1.54, 1.807) is 0 Å². The van der Waals surface area contributed by atoms with Crippen molar-refractivity contribution in [2.45, 2.75) is 55.9 Å². The van der Waals surface area contributed by atoms with Gasteiger partial charge in [0.25, 0.3) is 0 Å². The molecule has 0 aromatic heterocycles. The lowest BCUT2D eigenvalue weighted by molar-refractivity contribution is -0.138. The lowest BCUT2D eigenvalue weighted by Gasteiger charge is -2.31. The van der Waals surface area contributed by atoms with E-state index in [1.807, 2.05) is 18.2 Å². The molecule has 0 atom stereocenters. The molecule has 2 aliphatic heterocycles. The molecule has 0 N–H and O–H groups in total. The number of carbonyl (C=O) groups excluding carboxylic acids is 1. The second kappa shape index (κ2) is 12.3. The third kappa shape index (κ3) is 6.79. The van der Waals surface area contributed by atoms with Crippen molar-refractivity contribution < 1.29 is 39.6 Å². The van der Waals surface area contributed by atoms with Crippen LogP contribution in [0.5, 0.6) is 0 Å². The first-order valence-corrected chi connectivity index (χ1v) is 16.6. The third-order valence-corrected chi connectivity index (χ3v) is 11.1. The number of rotatable bonds is 7. The van der Waals surface area contributed by atoms with Crippen LogP contribution in [0.4, 0.5) is 26.3 Å². The minimum atomic E-state index is -4.65. The summed E-state index contributed by atoms with van der Waals surface area (Å²) < 4.78 is 106. The van der Waals surface area contributed by atoms with Gasteiger partial charge in [0.1, 0.15) is 0 Å². The first kappa shape index (κ1) is 32.5. The molecule has 0 unspecified atom stereocenters. The van der Waals surface area contributed by atoms with Crippen LogP contribution >= 0.6 is 0 Å². The summed E-state index contributed by atoms with van der Waals surface area (Å²) in [6.45, 7) is 2.18. The highest BCUT2D eigenvalue weighted by Gasteiger charge is 2.35. The van der Waals surface area contributed by atoms with E-state index in [2.05, 4.69) is 4.90 Å². The van der Waals surface area contributed by atoms with Gasteiger partial charge in [-0.25, -0.2) is 8.42 Å². The fraction of sp³-hybridized carbons (Fsp3) is 0.382. The summed E-state index contributed by atoms with van der Waals surface area (Å²) in [7, 11) is -4.11. The van der Waals surface area contributed by atoms with Crippen molar-refractivity contribution in [3.63, 3.8) is 0 Å². The van der Waals surface area contributed by atoms with Gasteiger partial charge in [-0.2, -0.15) is 30.6 Å². The van der Waals surface area contributed by atoms with E-state index in [0.29, 0.717) is 37.6 Å². The molecule has 46 heavy (non-hydrogen) atoms. The summed E-state index contributed by atoms with van der Waals surface area (Å²) in [6, 6.07) is 14.7. The maximum atomic E-state index is 13.4. The fourth-order valence-corrected chi connectivity index (χ4v) is 8.17. The largest absolute Gasteiger partial charge is 0.416 e. The summed E-state index contributed by atoms with van der Waals surface area (Å²) in [4.78, 5) is 15.2. The highest BCUT2D eigenvalue weighted by Crippen LogP contribution is 2.39. The van der Waals surface area contributed by atoms with Crippen LogP contribution in [0.1, 0.15) is 63.9 Å². The van der Waals surface area contributed by atoms with E-state index in [-0.39, 0.29) is 31.2 Å². The number of Topliss-reactive ketones (excluding diaryl/α,β-unsaturated/α-hetero) is 1. The highest BCUT2D eigenvalue weighted by molar-refractivity contribution is 7.89. The van der Waals surface area contributed by atoms with Crippen LogP contribution in [0.3, 0.4) is 0 Å². The Kier molecular flexibility index (Phi) is 8.66. The Bertz CT molecular complexity index is 1770. The molecule has 2 heterocycles. The molecule has 12 heteroatoms. The SMILES string of the molecule is O=C(CC1CCN(S(=O)(=O)c2cccc(C(F)(F)F)c2)CC1)c1ccc2c(c1)C1=C(CCN(Cc3ccc(C(F)(F)F)cc3)C1)C2. The number of halogens is 6. The molecular weight excluding hydrogens is 630 g/mol. The van der Waals surface area contributed by atoms with Gasteiger partial charge in [0.05, 0.1) is 16.0 Å². The standard InChI is InChI=1S/C34H32F6N2O3S/c35-33(36,37)27-8-4-23(5-9-27)20-41-13-12-25-17-24-6-7-26(18-30(24)31(25)21-41)32(43)16-22-10-14-42(15-11-22)46(44,45)29-3-1-2-28(19-29)34(38,39)40/h1-9,18-19,22H,10-17,20-21H2. The monoisotopic (exact) mass is 662 g/mol. The average molecular weight is 663 g/mol. The number of benzene rings is 3. The molecule has 0 saturated carbocycles. The summed E-state index contributed by atoms with van der Waals surface area (Å²) in [5.74, 6) is -0.106. The summed E-state index contributed by atoms with van der Waals surface area (Å²) in [5, 5.41) is 0. The number of hydrogen-bond acceptors (Lipinski definition) is 4. The van der Waals surface area contributed by atoms with E-state index in [9.17, 15) is 39.6 Å². The molecule has 5 nitrogen and oxygen atoms in total. The van der Waals surface area contributed by atoms with Gasteiger partial charge in [0, 0.05) is 44.7 Å². The van der Waals surface area contributed by atoms with E-state index >= 15 is 0 Å². The van der Waals surface area contributed by atoms with Gasteiger partial charge < -0.3 is 0 Å². The van der Waals surface area contributed by atoms with Crippen LogP contribution in [0, 0.1) is 5.92 Å². The Morgan fingerprint density at radius 1 is 0.826 bits per heavy atom. The summed E-state index contributed by atoms with van der Waals surface area (Å²) in [6.07, 6.45) is -6.30. The molecule has 1 saturated heterocycles. The quantitative estimate of drug-likeness (QED) is 0.193. The molecule has 3 aliphatic rings. The van der Waals surface area contributed by atoms with Crippen LogP contribution in [0.15, 0.2) is 77.2 Å². The van der Waals surface area contributed by atoms with E-state index in [1.165, 1.54) is 22.0 Å². The van der Waals surface area contributed by atoms with Crippen molar-refractivity contribution in [1.29, 1.82) is 0 Å². The zero-order chi connectivity index (χ0) is 32.9. The van der Waals surface area contributed by atoms with Crippen molar-refractivity contribution in [2.75, 3.05) is 26.2 Å². The lowest BCUT2D eigenvalue weighted by Crippen LogP contribution is -2.39. The van der Waals surface area contributed by atoms with Crippen molar-refractivity contribution in [3.05, 3.63) is 106 Å². The number of ketones is 1. The number of sulfonamides is 1. The molecule has 3 aromatic carbocycles. The van der Waals surface area contributed by atoms with Crippen LogP contribution in [-0.2, 0) is 35.3 Å². The van der Waals surface area contributed by atoms with E-state index in [4.69, 9.17) is 0 Å². The molecule has 6 rings (SSSR count). The van der Waals surface area contributed by atoms with Crippen LogP contribution in [-0.4, -0.2) is 49.6 Å². The molecule has 1 fully saturated rings. The van der Waals surface area contributed by atoms with Crippen molar-refractivity contribution >= 4 is 21.4 Å². The number of piperidine rings is 1. The molecule has 1 aliphatic carbocycles. The number of carbonyl (C=O) groups is 1. The molecular formula is C34H32F6N2O3S. The minimum Gasteiger partial charge on any atom is -0.294 e. The first-order chi connectivity index (χ1) is 21.7. The Labute approximate surface area is 263 Å². The zero-order valence-electron chi connectivity index (χ0n) is 24.8. The smallest absolute Gasteiger partial charge is 0.294 e. The first-order valence-electron chi connectivity index (χ1n) is 15.1. The Morgan fingerprint density at radius 3 is 2.20 bits per heavy atom. The van der Waals surface area contributed by atoms with Crippen LogP contribution < -0.4 is 0 Å². The number of hydrogen-bond donors (Lipinski definition) is 0. The average Bonchev–Trinajstić information content (AvgIpc) is 3.38. The summed E-state index contributed by atoms with van der Waals surface area (Å²) in [5.41, 5.74) is 4.33. The zero-order valence-corrected chi connectivity index (χ0v) is 25.6. The number of alkyl halides is 6. The molecule has 0 spiro atoms. The van der Waals surface area contributed by atoms with Gasteiger partial charge in [-0.15, -0.1) is 0 Å². The van der Waals surface area contributed by atoms with E-state index in [0.717, 1.165) is 72.0 Å². The topological polar surface area (TPSA) is 57.7 Å². The van der Waals surface area contributed by atoms with Gasteiger partial charge in [-0.3, -0.25) is 9.69 Å². The van der Waals surface area contributed by atoms with Crippen molar-refractivity contribution in [1.82, 2.24) is 9.21 Å². The van der Waals surface area contributed by atoms with Crippen LogP contribution in [0.2, 0.25) is 0 Å². The van der Waals surface area contributed by atoms with E-state index < -0.39 is 38.4 Å². The van der Waals surface area contributed by atoms with Crippen molar-refractivity contribution in [2.24, 2.45) is 5.92 Å². The molecule has 0 amide bonds. The maximum absolute atomic E-state index is 13.4. The van der Waals surface area contributed by atoms with Gasteiger partial charge in [-0.1, -0.05) is 35.9 Å². The highest BCUT2D eigenvalue weighted by atomic mass is 32.2. The Balaban J connectivity index is 1.07. The van der Waals surface area contributed by atoms with Crippen molar-refractivity contribution in [3.8, 4) is 0 Å². The molecule has 244 valence electrons. The Morgan fingerprint density at radius 2 is 1.52 bits per heavy atom. The minimum absolute atomic E-state index is 0.0477. The third-order valence-electron chi connectivity index (χ3n) is 9.23. The number of nitrogens with zero attached hydrogens (tertiary/aromatic N) is 2. The molecule has 0 radical (unpaired) electrons. The molecule has 0 bridgehead atoms. The second-order valence-corrected chi connectivity index (χ2v) is 14.2.